The van der Waals surface area contributed by atoms with Crippen molar-refractivity contribution in [3.05, 3.63) is 83.5 Å². The van der Waals surface area contributed by atoms with E-state index in [-0.39, 0.29) is 0 Å². The van der Waals surface area contributed by atoms with Gasteiger partial charge in [-0.1, -0.05) is 48.6 Å². The summed E-state index contributed by atoms with van der Waals surface area (Å²) >= 11 is 0. The lowest BCUT2D eigenvalue weighted by Gasteiger charge is -2.16. The van der Waals surface area contributed by atoms with Crippen LogP contribution in [0.5, 0.6) is 0 Å². The minimum Gasteiger partial charge on any atom is -0.378 e. The van der Waals surface area contributed by atoms with E-state index in [0.29, 0.717) is 0 Å². The lowest BCUT2D eigenvalue weighted by Crippen LogP contribution is -2.08. The molecule has 2 rings (SSSR count). The predicted molar refractivity (Wildman–Crippen MR) is 113 cm³/mol. The highest BCUT2D eigenvalue weighted by Gasteiger charge is 2.09. The van der Waals surface area contributed by atoms with Crippen molar-refractivity contribution < 1.29 is 0 Å². The second kappa shape index (κ2) is 8.02. The molecule has 0 fully saturated rings. The molecule has 1 heteroatoms. The summed E-state index contributed by atoms with van der Waals surface area (Å²) in [6, 6.07) is 15.4. The minimum atomic E-state index is 1.10. The van der Waals surface area contributed by atoms with Crippen molar-refractivity contribution in [3.63, 3.8) is 0 Å². The van der Waals surface area contributed by atoms with E-state index in [2.05, 4.69) is 108 Å². The highest BCUT2D eigenvalue weighted by molar-refractivity contribution is 5.83. The van der Waals surface area contributed by atoms with E-state index in [9.17, 15) is 0 Å². The summed E-state index contributed by atoms with van der Waals surface area (Å²) < 4.78 is 0. The van der Waals surface area contributed by atoms with E-state index < -0.39 is 0 Å². The van der Waals surface area contributed by atoms with Gasteiger partial charge in [0.25, 0.3) is 0 Å². The standard InChI is InChI=1S/C24H29N/c1-8-10-23(19(5)17(2)3)24-16-21(14-13-18(24)4)20-11-9-12-22(15-20)25(6)7/h8-16H,2H2,1,3-7H3/b10-8-,23-19+. The Morgan fingerprint density at radius 3 is 2.28 bits per heavy atom. The molecule has 0 aromatic heterocycles. The zero-order chi connectivity index (χ0) is 18.6. The topological polar surface area (TPSA) is 3.24 Å². The van der Waals surface area contributed by atoms with Gasteiger partial charge in [0.2, 0.25) is 0 Å². The third-order valence-electron chi connectivity index (χ3n) is 4.60. The first-order valence-corrected chi connectivity index (χ1v) is 8.73. The van der Waals surface area contributed by atoms with Gasteiger partial charge in [-0.3, -0.25) is 0 Å². The molecule has 1 nitrogen and oxygen atoms in total. The largest absolute Gasteiger partial charge is 0.378 e. The van der Waals surface area contributed by atoms with Gasteiger partial charge in [-0.25, -0.2) is 0 Å². The van der Waals surface area contributed by atoms with Gasteiger partial charge in [0.05, 0.1) is 0 Å². The maximum atomic E-state index is 4.13. The Bertz CT molecular complexity index is 835. The first kappa shape index (κ1) is 18.8. The Balaban J connectivity index is 2.63. The zero-order valence-electron chi connectivity index (χ0n) is 16.4. The van der Waals surface area contributed by atoms with Crippen molar-refractivity contribution in [3.8, 4) is 11.1 Å². The summed E-state index contributed by atoms with van der Waals surface area (Å²) in [4.78, 5) is 2.13. The summed E-state index contributed by atoms with van der Waals surface area (Å²) in [5, 5.41) is 0. The van der Waals surface area contributed by atoms with Crippen LogP contribution in [-0.2, 0) is 0 Å². The van der Waals surface area contributed by atoms with Crippen molar-refractivity contribution in [2.75, 3.05) is 19.0 Å². The van der Waals surface area contributed by atoms with Crippen LogP contribution in [0.3, 0.4) is 0 Å². The molecule has 0 N–H and O–H groups in total. The van der Waals surface area contributed by atoms with Gasteiger partial charge in [0, 0.05) is 19.8 Å². The third-order valence-corrected chi connectivity index (χ3v) is 4.60. The van der Waals surface area contributed by atoms with Crippen LogP contribution in [0.4, 0.5) is 5.69 Å². The Kier molecular flexibility index (Phi) is 6.03. The van der Waals surface area contributed by atoms with Crippen molar-refractivity contribution in [2.24, 2.45) is 0 Å². The molecule has 0 atom stereocenters. The lowest BCUT2D eigenvalue weighted by atomic mass is 9.90. The SMILES string of the molecule is C=C(C)/C(C)=C(\C=C/C)c1cc(-c2cccc(N(C)C)c2)ccc1C. The summed E-state index contributed by atoms with van der Waals surface area (Å²) in [5.74, 6) is 0. The van der Waals surface area contributed by atoms with Crippen LogP contribution in [0.25, 0.3) is 16.7 Å². The molecule has 2 aromatic carbocycles. The van der Waals surface area contributed by atoms with Gasteiger partial charge in [-0.15, -0.1) is 0 Å². The Hall–Kier alpha value is -2.54. The van der Waals surface area contributed by atoms with E-state index in [1.807, 2.05) is 0 Å². The maximum absolute atomic E-state index is 4.13. The average Bonchev–Trinajstić information content (AvgIpc) is 2.59. The molecule has 0 radical (unpaired) electrons. The summed E-state index contributed by atoms with van der Waals surface area (Å²) in [5.41, 5.74) is 9.82. The first-order valence-electron chi connectivity index (χ1n) is 8.73. The van der Waals surface area contributed by atoms with Gasteiger partial charge in [0.1, 0.15) is 0 Å². The Morgan fingerprint density at radius 2 is 1.68 bits per heavy atom. The minimum absolute atomic E-state index is 1.10. The average molecular weight is 332 g/mol. The molecule has 0 bridgehead atoms. The normalized spacial score (nSPS) is 12.2. The van der Waals surface area contributed by atoms with Crippen molar-refractivity contribution in [2.45, 2.75) is 27.7 Å². The summed E-state index contributed by atoms with van der Waals surface area (Å²) in [6.45, 7) is 12.6. The number of anilines is 1. The molecular formula is C24H29N. The predicted octanol–water partition coefficient (Wildman–Crippen LogP) is 6.65. The molecule has 2 aromatic rings. The van der Waals surface area contributed by atoms with Gasteiger partial charge >= 0.3 is 0 Å². The molecule has 0 saturated heterocycles. The molecule has 0 aliphatic rings. The fourth-order valence-corrected chi connectivity index (χ4v) is 2.87. The van der Waals surface area contributed by atoms with Gasteiger partial charge < -0.3 is 4.90 Å². The van der Waals surface area contributed by atoms with Gasteiger partial charge in [0.15, 0.2) is 0 Å². The van der Waals surface area contributed by atoms with Crippen LogP contribution in [0, 0.1) is 6.92 Å². The molecule has 130 valence electrons. The number of rotatable bonds is 5. The molecule has 0 aliphatic carbocycles. The molecule has 0 amide bonds. The lowest BCUT2D eigenvalue weighted by molar-refractivity contribution is 1.13. The van der Waals surface area contributed by atoms with E-state index in [1.165, 1.54) is 39.1 Å². The highest BCUT2D eigenvalue weighted by Crippen LogP contribution is 2.32. The summed E-state index contributed by atoms with van der Waals surface area (Å²) in [6.07, 6.45) is 4.28. The number of nitrogens with zero attached hydrogens (tertiary/aromatic N) is 1. The summed E-state index contributed by atoms with van der Waals surface area (Å²) in [7, 11) is 4.14. The number of benzene rings is 2. The molecule has 0 heterocycles. The number of hydrogen-bond donors (Lipinski definition) is 0. The molecule has 0 saturated carbocycles. The van der Waals surface area contributed by atoms with Crippen LogP contribution in [0.1, 0.15) is 31.9 Å². The second-order valence-electron chi connectivity index (χ2n) is 6.79. The van der Waals surface area contributed by atoms with Crippen molar-refractivity contribution in [1.29, 1.82) is 0 Å². The van der Waals surface area contributed by atoms with Crippen LogP contribution >= 0.6 is 0 Å². The zero-order valence-corrected chi connectivity index (χ0v) is 16.4. The van der Waals surface area contributed by atoms with Crippen LogP contribution in [-0.4, -0.2) is 14.1 Å². The molecule has 0 unspecified atom stereocenters. The van der Waals surface area contributed by atoms with E-state index >= 15 is 0 Å². The number of aryl methyl sites for hydroxylation is 1. The van der Waals surface area contributed by atoms with E-state index in [1.54, 1.807) is 0 Å². The number of allylic oxidation sites excluding steroid dienone is 5. The maximum Gasteiger partial charge on any atom is 0.0367 e. The fraction of sp³-hybridized carbons (Fsp3) is 0.250. The highest BCUT2D eigenvalue weighted by atomic mass is 15.1. The van der Waals surface area contributed by atoms with E-state index in [0.717, 1.165) is 5.57 Å². The first-order chi connectivity index (χ1) is 11.8. The Morgan fingerprint density at radius 1 is 1.00 bits per heavy atom. The molecule has 0 aliphatic heterocycles. The second-order valence-corrected chi connectivity index (χ2v) is 6.79. The van der Waals surface area contributed by atoms with Crippen LogP contribution < -0.4 is 4.90 Å². The molecular weight excluding hydrogens is 302 g/mol. The van der Waals surface area contributed by atoms with Gasteiger partial charge in [-0.05, 0) is 79.3 Å². The molecule has 25 heavy (non-hydrogen) atoms. The third kappa shape index (κ3) is 4.30. The van der Waals surface area contributed by atoms with E-state index in [4.69, 9.17) is 0 Å². The smallest absolute Gasteiger partial charge is 0.0367 e. The monoisotopic (exact) mass is 331 g/mol. The van der Waals surface area contributed by atoms with Crippen molar-refractivity contribution >= 4 is 11.3 Å². The van der Waals surface area contributed by atoms with Crippen LogP contribution in [0.15, 0.2) is 72.3 Å². The van der Waals surface area contributed by atoms with Crippen LogP contribution in [0.2, 0.25) is 0 Å². The van der Waals surface area contributed by atoms with Gasteiger partial charge in [-0.2, -0.15) is 0 Å². The number of hydrogen-bond acceptors (Lipinski definition) is 1. The Labute approximate surface area is 153 Å². The fourth-order valence-electron chi connectivity index (χ4n) is 2.87. The molecule has 0 spiro atoms. The van der Waals surface area contributed by atoms with Crippen molar-refractivity contribution in [1.82, 2.24) is 0 Å². The quantitative estimate of drug-likeness (QED) is 0.554.